The van der Waals surface area contributed by atoms with E-state index in [0.29, 0.717) is 22.5 Å². The Hall–Kier alpha value is -3.17. The van der Waals surface area contributed by atoms with E-state index in [1.807, 2.05) is 0 Å². The number of nitriles is 1. The molecule has 1 aliphatic rings. The minimum Gasteiger partial charge on any atom is -0.466 e. The molecule has 4 nitrogen and oxygen atoms in total. The van der Waals surface area contributed by atoms with Crippen molar-refractivity contribution in [3.05, 3.63) is 92.8 Å². The second kappa shape index (κ2) is 8.46. The molecule has 0 fully saturated rings. The largest absolute Gasteiger partial charge is 0.466 e. The number of carbonyl (C=O) groups excluding carboxylic acids is 1. The number of methoxy groups -OCH3 is 1. The summed E-state index contributed by atoms with van der Waals surface area (Å²) < 4.78 is 32.1. The summed E-state index contributed by atoms with van der Waals surface area (Å²) in [5.74, 6) is -2.39. The van der Waals surface area contributed by atoms with Crippen molar-refractivity contribution in [1.29, 1.82) is 5.26 Å². The molecule has 0 bridgehead atoms. The quantitative estimate of drug-likeness (QED) is 0.732. The van der Waals surface area contributed by atoms with Gasteiger partial charge in [-0.15, -0.1) is 0 Å². The molecule has 0 aliphatic carbocycles. The Bertz CT molecular complexity index is 1090. The van der Waals surface area contributed by atoms with Crippen molar-refractivity contribution in [2.24, 2.45) is 0 Å². The lowest BCUT2D eigenvalue weighted by atomic mass is 9.80. The highest BCUT2D eigenvalue weighted by molar-refractivity contribution is 6.31. The zero-order valence-corrected chi connectivity index (χ0v) is 16.5. The monoisotopic (exact) mass is 414 g/mol. The molecule has 0 radical (unpaired) electrons. The first-order valence-electron chi connectivity index (χ1n) is 8.74. The Kier molecular flexibility index (Phi) is 6.00. The van der Waals surface area contributed by atoms with E-state index in [2.05, 4.69) is 11.4 Å². The highest BCUT2D eigenvalue weighted by atomic mass is 35.5. The summed E-state index contributed by atoms with van der Waals surface area (Å²) in [6.07, 6.45) is 0.238. The Balaban J connectivity index is 2.18. The van der Waals surface area contributed by atoms with Crippen molar-refractivity contribution in [3.63, 3.8) is 0 Å². The molecule has 1 N–H and O–H groups in total. The lowest BCUT2D eigenvalue weighted by Gasteiger charge is -2.30. The van der Waals surface area contributed by atoms with Gasteiger partial charge in [-0.3, -0.25) is 0 Å². The number of esters is 1. The standard InChI is InChI=1S/C22H17ClF2N2O2/c1-12-20(22(28)29-2)21(16-7-6-15(25)10-18(16)23)17(11-26)19(27-12)9-13-4-3-5-14(24)8-13/h3-8,10,21,27H,9H2,1-2H3. The average molecular weight is 415 g/mol. The molecule has 0 saturated carbocycles. The minimum atomic E-state index is -0.842. The SMILES string of the molecule is COC(=O)C1=C(C)NC(Cc2cccc(F)c2)=C(C#N)C1c1ccc(F)cc1Cl. The number of hydrogen-bond acceptors (Lipinski definition) is 4. The van der Waals surface area contributed by atoms with Crippen LogP contribution in [0.3, 0.4) is 0 Å². The molecule has 0 spiro atoms. The van der Waals surface area contributed by atoms with Gasteiger partial charge in [-0.05, 0) is 42.3 Å². The molecular formula is C22H17ClF2N2O2. The van der Waals surface area contributed by atoms with Crippen molar-refractivity contribution < 1.29 is 18.3 Å². The molecule has 3 rings (SSSR count). The summed E-state index contributed by atoms with van der Waals surface area (Å²) in [5.41, 5.74) is 2.48. The zero-order chi connectivity index (χ0) is 21.1. The molecule has 2 aromatic carbocycles. The van der Waals surface area contributed by atoms with Crippen LogP contribution in [0.15, 0.2) is 65.0 Å². The maximum atomic E-state index is 13.6. The molecule has 29 heavy (non-hydrogen) atoms. The first kappa shape index (κ1) is 20.6. The number of allylic oxidation sites excluding steroid dienone is 3. The number of nitrogens with zero attached hydrogens (tertiary/aromatic N) is 1. The van der Waals surface area contributed by atoms with E-state index in [1.165, 1.54) is 31.4 Å². The lowest BCUT2D eigenvalue weighted by molar-refractivity contribution is -0.136. The fourth-order valence-corrected chi connectivity index (χ4v) is 3.72. The van der Waals surface area contributed by atoms with E-state index in [4.69, 9.17) is 16.3 Å². The topological polar surface area (TPSA) is 62.1 Å². The Morgan fingerprint density at radius 1 is 1.24 bits per heavy atom. The van der Waals surface area contributed by atoms with Gasteiger partial charge in [0, 0.05) is 22.8 Å². The van der Waals surface area contributed by atoms with Gasteiger partial charge in [0.05, 0.1) is 30.2 Å². The predicted octanol–water partition coefficient (Wildman–Crippen LogP) is 4.77. The first-order chi connectivity index (χ1) is 13.8. The van der Waals surface area contributed by atoms with Gasteiger partial charge < -0.3 is 10.1 Å². The third-order valence-electron chi connectivity index (χ3n) is 4.71. The molecule has 1 unspecified atom stereocenters. The maximum absolute atomic E-state index is 13.6. The van der Waals surface area contributed by atoms with E-state index in [0.717, 1.165) is 6.07 Å². The zero-order valence-electron chi connectivity index (χ0n) is 15.7. The third-order valence-corrected chi connectivity index (χ3v) is 5.04. The summed E-state index contributed by atoms with van der Waals surface area (Å²) in [5, 5.41) is 13.1. The number of ether oxygens (including phenoxy) is 1. The molecular weight excluding hydrogens is 398 g/mol. The minimum absolute atomic E-state index is 0.0870. The van der Waals surface area contributed by atoms with E-state index >= 15 is 0 Å². The number of rotatable bonds is 4. The smallest absolute Gasteiger partial charge is 0.336 e. The fraction of sp³-hybridized carbons (Fsp3) is 0.182. The second-order valence-corrected chi connectivity index (χ2v) is 6.97. The van der Waals surface area contributed by atoms with Gasteiger partial charge in [0.15, 0.2) is 0 Å². The molecule has 0 aromatic heterocycles. The van der Waals surface area contributed by atoms with Crippen LogP contribution >= 0.6 is 11.6 Å². The number of hydrogen-bond donors (Lipinski definition) is 1. The van der Waals surface area contributed by atoms with E-state index in [9.17, 15) is 18.8 Å². The van der Waals surface area contributed by atoms with Crippen LogP contribution < -0.4 is 5.32 Å². The van der Waals surface area contributed by atoms with Crippen LogP contribution in [-0.2, 0) is 16.0 Å². The molecule has 0 amide bonds. The summed E-state index contributed by atoms with van der Waals surface area (Å²) >= 11 is 6.26. The number of halogens is 3. The normalized spacial score (nSPS) is 16.3. The van der Waals surface area contributed by atoms with E-state index in [1.54, 1.807) is 19.1 Å². The van der Waals surface area contributed by atoms with Crippen molar-refractivity contribution >= 4 is 17.6 Å². The molecule has 7 heteroatoms. The van der Waals surface area contributed by atoms with Gasteiger partial charge in [0.25, 0.3) is 0 Å². The number of carbonyl (C=O) groups is 1. The van der Waals surface area contributed by atoms with Crippen LogP contribution in [0.5, 0.6) is 0 Å². The Morgan fingerprint density at radius 2 is 1.97 bits per heavy atom. The number of nitrogens with one attached hydrogen (secondary N) is 1. The molecule has 1 aliphatic heterocycles. The van der Waals surface area contributed by atoms with E-state index < -0.39 is 23.5 Å². The van der Waals surface area contributed by atoms with Crippen molar-refractivity contribution in [1.82, 2.24) is 5.32 Å². The van der Waals surface area contributed by atoms with Gasteiger partial charge >= 0.3 is 5.97 Å². The third kappa shape index (κ3) is 4.15. The Labute approximate surface area is 172 Å². The van der Waals surface area contributed by atoms with Crippen LogP contribution in [0, 0.1) is 23.0 Å². The highest BCUT2D eigenvalue weighted by Crippen LogP contribution is 2.41. The molecule has 1 heterocycles. The van der Waals surface area contributed by atoms with Crippen LogP contribution in [-0.4, -0.2) is 13.1 Å². The van der Waals surface area contributed by atoms with E-state index in [-0.39, 0.29) is 22.6 Å². The Morgan fingerprint density at radius 3 is 2.59 bits per heavy atom. The molecule has 1 atom stereocenters. The second-order valence-electron chi connectivity index (χ2n) is 6.56. The summed E-state index contributed by atoms with van der Waals surface area (Å²) in [6, 6.07) is 12.0. The summed E-state index contributed by atoms with van der Waals surface area (Å²) in [6.45, 7) is 1.68. The van der Waals surface area contributed by atoms with Gasteiger partial charge in [-0.25, -0.2) is 13.6 Å². The van der Waals surface area contributed by atoms with Crippen molar-refractivity contribution in [3.8, 4) is 6.07 Å². The van der Waals surface area contributed by atoms with Crippen molar-refractivity contribution in [2.45, 2.75) is 19.3 Å². The maximum Gasteiger partial charge on any atom is 0.336 e. The van der Waals surface area contributed by atoms with Crippen molar-refractivity contribution in [2.75, 3.05) is 7.11 Å². The highest BCUT2D eigenvalue weighted by Gasteiger charge is 2.36. The number of benzene rings is 2. The molecule has 2 aromatic rings. The molecule has 0 saturated heterocycles. The van der Waals surface area contributed by atoms with Gasteiger partial charge in [0.2, 0.25) is 0 Å². The van der Waals surface area contributed by atoms with Gasteiger partial charge in [-0.1, -0.05) is 29.8 Å². The van der Waals surface area contributed by atoms with Gasteiger partial charge in [-0.2, -0.15) is 5.26 Å². The van der Waals surface area contributed by atoms with Crippen LogP contribution in [0.4, 0.5) is 8.78 Å². The van der Waals surface area contributed by atoms with Crippen LogP contribution in [0.1, 0.15) is 24.0 Å². The average Bonchev–Trinajstić information content (AvgIpc) is 2.67. The fourth-order valence-electron chi connectivity index (χ4n) is 3.45. The summed E-state index contributed by atoms with van der Waals surface area (Å²) in [4.78, 5) is 12.5. The molecule has 148 valence electrons. The lowest BCUT2D eigenvalue weighted by Crippen LogP contribution is -2.30. The van der Waals surface area contributed by atoms with Crippen LogP contribution in [0.2, 0.25) is 5.02 Å². The van der Waals surface area contributed by atoms with Crippen LogP contribution in [0.25, 0.3) is 0 Å². The number of dihydropyridines is 1. The predicted molar refractivity (Wildman–Crippen MR) is 105 cm³/mol. The van der Waals surface area contributed by atoms with Gasteiger partial charge in [0.1, 0.15) is 11.6 Å². The first-order valence-corrected chi connectivity index (χ1v) is 9.12. The summed E-state index contributed by atoms with van der Waals surface area (Å²) in [7, 11) is 1.24.